The third kappa shape index (κ3) is 5.47. The van der Waals surface area contributed by atoms with Gasteiger partial charge in [0.05, 0.1) is 33.2 Å². The quantitative estimate of drug-likeness (QED) is 0.172. The van der Waals surface area contributed by atoms with Gasteiger partial charge in [0.25, 0.3) is 0 Å². The van der Waals surface area contributed by atoms with Crippen molar-refractivity contribution >= 4 is 78.0 Å². The van der Waals surface area contributed by atoms with Gasteiger partial charge in [-0.1, -0.05) is 152 Å². The Morgan fingerprint density at radius 1 is 0.386 bits per heavy atom. The summed E-state index contributed by atoms with van der Waals surface area (Å²) in [7, 11) is 0. The number of para-hydroxylation sites is 4. The van der Waals surface area contributed by atoms with Gasteiger partial charge in [-0.2, -0.15) is 0 Å². The van der Waals surface area contributed by atoms with E-state index in [0.29, 0.717) is 0 Å². The largest absolute Gasteiger partial charge is 0.455 e. The minimum absolute atomic E-state index is 0.839. The molecule has 4 heteroatoms. The molecule has 4 bridgehead atoms. The second-order valence-electron chi connectivity index (χ2n) is 19.5. The van der Waals surface area contributed by atoms with Crippen LogP contribution in [0.2, 0.25) is 0 Å². The fraction of sp³-hybridized carbons (Fsp3) is 0.0909. The SMILES string of the molecule is Cc1ccc(C)c(N(c2ccccc2C)c2cc3c(c4oc5ccccc5c24)-c2c4cc(c5c2oc2ccccc25)N(c2cc(C)ccc2C)c2ccccc2-c2ccccc2C34c2ccccc2)c1. The van der Waals surface area contributed by atoms with Crippen molar-refractivity contribution in [1.29, 1.82) is 0 Å². The molecular weight excluding hydrogens is 853 g/mol. The summed E-state index contributed by atoms with van der Waals surface area (Å²) >= 11 is 0. The van der Waals surface area contributed by atoms with Gasteiger partial charge < -0.3 is 18.6 Å². The molecule has 1 aliphatic carbocycles. The lowest BCUT2D eigenvalue weighted by Gasteiger charge is -2.36. The standard InChI is InChI=1S/C66H48N2O2/c1-39-31-33-42(4)54(35-39)67(52-27-15-9-19-41(52)3)56-37-50-62(64-60(56)47-24-12-17-29-58(47)69-64)63-51-38-57(61-48-25-13-18-30-59(48)70-65(61)63)68(55-36-40(2)32-34-43(55)5)53-28-16-11-23-46(53)45-22-10-14-26-49(45)66(50,51)44-20-7-6-8-21-44/h6-38H,1-5H3. The van der Waals surface area contributed by atoms with Gasteiger partial charge in [0, 0.05) is 44.5 Å². The Bertz CT molecular complexity index is 4160. The maximum absolute atomic E-state index is 7.48. The maximum atomic E-state index is 7.48. The number of rotatable bonds is 5. The summed E-state index contributed by atoms with van der Waals surface area (Å²) in [4.78, 5) is 5.02. The van der Waals surface area contributed by atoms with Crippen LogP contribution in [0.4, 0.5) is 34.1 Å². The number of hydrogen-bond acceptors (Lipinski definition) is 4. The Morgan fingerprint density at radius 3 is 1.71 bits per heavy atom. The van der Waals surface area contributed by atoms with E-state index in [1.807, 2.05) is 0 Å². The maximum Gasteiger partial charge on any atom is 0.145 e. The number of furan rings is 2. The molecule has 0 spiro atoms. The van der Waals surface area contributed by atoms with Crippen LogP contribution in [0.25, 0.3) is 66.1 Å². The third-order valence-corrected chi connectivity index (χ3v) is 15.3. The lowest BCUT2D eigenvalue weighted by atomic mass is 9.65. The number of fused-ring (bicyclic) bond motifs is 11. The first-order chi connectivity index (χ1) is 34.3. The number of hydrogen-bond donors (Lipinski definition) is 0. The van der Waals surface area contributed by atoms with Crippen molar-refractivity contribution in [3.63, 3.8) is 0 Å². The van der Waals surface area contributed by atoms with Gasteiger partial charge in [-0.15, -0.1) is 0 Å². The van der Waals surface area contributed by atoms with E-state index < -0.39 is 5.41 Å². The fourth-order valence-corrected chi connectivity index (χ4v) is 12.2. The van der Waals surface area contributed by atoms with Crippen molar-refractivity contribution in [3.8, 4) is 22.3 Å². The van der Waals surface area contributed by atoms with E-state index in [-0.39, 0.29) is 0 Å². The Kier molecular flexibility index (Phi) is 8.64. The highest BCUT2D eigenvalue weighted by Gasteiger charge is 2.52. The molecule has 1 unspecified atom stereocenters. The van der Waals surface area contributed by atoms with Crippen LogP contribution in [0.1, 0.15) is 50.1 Å². The molecule has 2 aromatic heterocycles. The summed E-state index contributed by atoms with van der Waals surface area (Å²) < 4.78 is 14.9. The first kappa shape index (κ1) is 40.5. The highest BCUT2D eigenvalue weighted by molar-refractivity contribution is 6.25. The summed E-state index contributed by atoms with van der Waals surface area (Å²) in [5.74, 6) is 0. The van der Waals surface area contributed by atoms with E-state index >= 15 is 0 Å². The molecule has 334 valence electrons. The first-order valence-electron chi connectivity index (χ1n) is 24.3. The summed E-state index contributed by atoms with van der Waals surface area (Å²) in [6.45, 7) is 11.1. The summed E-state index contributed by atoms with van der Waals surface area (Å²) in [6.07, 6.45) is 0. The zero-order valence-electron chi connectivity index (χ0n) is 39.8. The second-order valence-corrected chi connectivity index (χ2v) is 19.5. The van der Waals surface area contributed by atoms with E-state index in [9.17, 15) is 0 Å². The molecule has 70 heavy (non-hydrogen) atoms. The molecule has 0 N–H and O–H groups in total. The Balaban J connectivity index is 1.27. The zero-order chi connectivity index (χ0) is 47.0. The molecule has 0 saturated heterocycles. The van der Waals surface area contributed by atoms with Gasteiger partial charge in [-0.25, -0.2) is 0 Å². The minimum Gasteiger partial charge on any atom is -0.455 e. The van der Waals surface area contributed by atoms with Crippen LogP contribution in [0, 0.1) is 34.6 Å². The average molecular weight is 901 g/mol. The summed E-state index contributed by atoms with van der Waals surface area (Å²) in [5.41, 5.74) is 24.1. The van der Waals surface area contributed by atoms with Crippen molar-refractivity contribution in [2.24, 2.45) is 0 Å². The normalized spacial score (nSPS) is 14.7. The molecule has 10 aromatic carbocycles. The molecule has 1 atom stereocenters. The van der Waals surface area contributed by atoms with Crippen LogP contribution in [0.15, 0.2) is 209 Å². The molecule has 3 heterocycles. The van der Waals surface area contributed by atoms with E-state index in [4.69, 9.17) is 8.83 Å². The molecule has 0 amide bonds. The van der Waals surface area contributed by atoms with Crippen LogP contribution in [0.5, 0.6) is 0 Å². The number of aryl methyl sites for hydroxylation is 5. The summed E-state index contributed by atoms with van der Waals surface area (Å²) in [6, 6.07) is 73.9. The van der Waals surface area contributed by atoms with Gasteiger partial charge in [-0.3, -0.25) is 0 Å². The molecule has 14 rings (SSSR count). The molecule has 12 aromatic rings. The van der Waals surface area contributed by atoms with E-state index in [0.717, 1.165) is 117 Å². The lowest BCUT2D eigenvalue weighted by Crippen LogP contribution is -2.29. The van der Waals surface area contributed by atoms with Crippen LogP contribution in [-0.2, 0) is 5.41 Å². The van der Waals surface area contributed by atoms with Gasteiger partial charge in [0.2, 0.25) is 0 Å². The smallest absolute Gasteiger partial charge is 0.145 e. The second kappa shape index (κ2) is 14.9. The van der Waals surface area contributed by atoms with Gasteiger partial charge in [0.1, 0.15) is 22.3 Å². The van der Waals surface area contributed by atoms with E-state index in [2.05, 4.69) is 245 Å². The Labute approximate surface area is 407 Å². The van der Waals surface area contributed by atoms with Crippen molar-refractivity contribution in [2.45, 2.75) is 40.0 Å². The monoisotopic (exact) mass is 900 g/mol. The molecule has 0 saturated carbocycles. The molecular formula is C66H48N2O2. The highest BCUT2D eigenvalue weighted by atomic mass is 16.3. The predicted octanol–water partition coefficient (Wildman–Crippen LogP) is 18.3. The number of nitrogens with zero attached hydrogens (tertiary/aromatic N) is 2. The van der Waals surface area contributed by atoms with Crippen LogP contribution >= 0.6 is 0 Å². The van der Waals surface area contributed by atoms with Gasteiger partial charge >= 0.3 is 0 Å². The number of anilines is 6. The predicted molar refractivity (Wildman–Crippen MR) is 290 cm³/mol. The van der Waals surface area contributed by atoms with Crippen LogP contribution in [-0.4, -0.2) is 0 Å². The minimum atomic E-state index is -0.879. The Morgan fingerprint density at radius 2 is 0.957 bits per heavy atom. The zero-order valence-corrected chi connectivity index (χ0v) is 39.8. The molecule has 4 nitrogen and oxygen atoms in total. The fourth-order valence-electron chi connectivity index (χ4n) is 12.2. The Hall–Kier alpha value is -8.60. The number of benzene rings is 10. The van der Waals surface area contributed by atoms with Crippen LogP contribution < -0.4 is 9.80 Å². The van der Waals surface area contributed by atoms with Crippen molar-refractivity contribution in [3.05, 3.63) is 250 Å². The van der Waals surface area contributed by atoms with Crippen molar-refractivity contribution in [1.82, 2.24) is 0 Å². The third-order valence-electron chi connectivity index (χ3n) is 15.3. The molecule has 0 fully saturated rings. The van der Waals surface area contributed by atoms with E-state index in [1.54, 1.807) is 0 Å². The van der Waals surface area contributed by atoms with Crippen molar-refractivity contribution < 1.29 is 8.83 Å². The molecule has 2 aliphatic rings. The van der Waals surface area contributed by atoms with Crippen LogP contribution in [0.3, 0.4) is 0 Å². The van der Waals surface area contributed by atoms with Gasteiger partial charge in [0.15, 0.2) is 0 Å². The van der Waals surface area contributed by atoms with E-state index in [1.165, 1.54) is 33.4 Å². The molecule has 1 aliphatic heterocycles. The topological polar surface area (TPSA) is 32.8 Å². The average Bonchev–Trinajstić information content (AvgIpc) is 4.07. The highest BCUT2D eigenvalue weighted by Crippen LogP contribution is 2.66. The first-order valence-corrected chi connectivity index (χ1v) is 24.3. The van der Waals surface area contributed by atoms with Gasteiger partial charge in [-0.05, 0) is 139 Å². The summed E-state index contributed by atoms with van der Waals surface area (Å²) in [5, 5.41) is 4.25. The molecule has 0 radical (unpaired) electrons. The van der Waals surface area contributed by atoms with Crippen molar-refractivity contribution in [2.75, 3.05) is 9.80 Å². The lowest BCUT2D eigenvalue weighted by molar-refractivity contribution is 0.665.